The fraction of sp³-hybridized carbons (Fsp3) is 0.889. The normalized spacial score (nSPS) is 27.3. The van der Waals surface area contributed by atoms with E-state index < -0.39 is 27.8 Å². The number of aliphatic carboxylic acids is 1. The second-order valence-electron chi connectivity index (χ2n) is 4.07. The Morgan fingerprint density at radius 1 is 1.53 bits per heavy atom. The lowest BCUT2D eigenvalue weighted by Gasteiger charge is -2.35. The van der Waals surface area contributed by atoms with Crippen LogP contribution in [-0.2, 0) is 14.8 Å². The molecule has 1 saturated heterocycles. The number of halogens is 2. The van der Waals surface area contributed by atoms with Crippen molar-refractivity contribution in [2.75, 3.05) is 6.54 Å². The molecule has 0 spiro atoms. The summed E-state index contributed by atoms with van der Waals surface area (Å²) in [5.74, 6) is -4.87. The SMILES string of the molecule is CCC1CCN(S(=O)(=O)C(F)F)C(C(=O)O)C1. The minimum absolute atomic E-state index is 0.0697. The fourth-order valence-electron chi connectivity index (χ4n) is 2.02. The number of rotatable bonds is 4. The standard InChI is InChI=1S/C9H15F2NO4S/c1-2-6-3-4-12(7(5-6)8(13)14)17(15,16)9(10)11/h6-7,9H,2-5H2,1H3,(H,13,14). The van der Waals surface area contributed by atoms with Gasteiger partial charge in [-0.05, 0) is 18.8 Å². The Hall–Kier alpha value is -0.760. The van der Waals surface area contributed by atoms with E-state index in [2.05, 4.69) is 0 Å². The minimum Gasteiger partial charge on any atom is -0.480 e. The molecular formula is C9H15F2NO4S. The third kappa shape index (κ3) is 2.92. The van der Waals surface area contributed by atoms with Crippen molar-refractivity contribution in [1.29, 1.82) is 0 Å². The Labute approximate surface area is 98.5 Å². The van der Waals surface area contributed by atoms with E-state index >= 15 is 0 Å². The Balaban J connectivity index is 2.96. The molecule has 1 rings (SSSR count). The Morgan fingerprint density at radius 3 is 2.53 bits per heavy atom. The zero-order chi connectivity index (χ0) is 13.2. The van der Waals surface area contributed by atoms with Crippen LogP contribution in [-0.4, -0.2) is 42.1 Å². The van der Waals surface area contributed by atoms with Gasteiger partial charge in [0.25, 0.3) is 10.0 Å². The van der Waals surface area contributed by atoms with Gasteiger partial charge in [-0.1, -0.05) is 13.3 Å². The van der Waals surface area contributed by atoms with E-state index in [0.717, 1.165) is 0 Å². The van der Waals surface area contributed by atoms with Crippen molar-refractivity contribution >= 4 is 16.0 Å². The van der Waals surface area contributed by atoms with E-state index in [-0.39, 0.29) is 18.9 Å². The molecule has 2 unspecified atom stereocenters. The lowest BCUT2D eigenvalue weighted by atomic mass is 9.90. The summed E-state index contributed by atoms with van der Waals surface area (Å²) in [6.07, 6.45) is 1.23. The molecule has 0 saturated carbocycles. The largest absolute Gasteiger partial charge is 0.480 e. The summed E-state index contributed by atoms with van der Waals surface area (Å²) in [6.45, 7) is 1.71. The first-order chi connectivity index (χ1) is 7.80. The number of alkyl halides is 2. The first-order valence-corrected chi connectivity index (χ1v) is 6.82. The minimum atomic E-state index is -4.81. The number of nitrogens with zero attached hydrogens (tertiary/aromatic N) is 1. The number of hydrogen-bond donors (Lipinski definition) is 1. The summed E-state index contributed by atoms with van der Waals surface area (Å²) in [5.41, 5.74) is 0. The van der Waals surface area contributed by atoms with Gasteiger partial charge in [0, 0.05) is 6.54 Å². The summed E-state index contributed by atoms with van der Waals surface area (Å²) in [6, 6.07) is -1.37. The highest BCUT2D eigenvalue weighted by Gasteiger charge is 2.43. The van der Waals surface area contributed by atoms with Crippen LogP contribution in [0.2, 0.25) is 0 Å². The average Bonchev–Trinajstić information content (AvgIpc) is 2.27. The van der Waals surface area contributed by atoms with Gasteiger partial charge in [0.1, 0.15) is 6.04 Å². The molecule has 1 aliphatic rings. The molecule has 0 aromatic heterocycles. The van der Waals surface area contributed by atoms with Gasteiger partial charge in [0.15, 0.2) is 0 Å². The highest BCUT2D eigenvalue weighted by atomic mass is 32.2. The summed E-state index contributed by atoms with van der Waals surface area (Å²) in [5, 5.41) is 8.92. The zero-order valence-electron chi connectivity index (χ0n) is 9.34. The summed E-state index contributed by atoms with van der Waals surface area (Å²) < 4.78 is 47.8. The van der Waals surface area contributed by atoms with E-state index in [1.807, 2.05) is 6.92 Å². The number of carboxylic acid groups (broad SMARTS) is 1. The Morgan fingerprint density at radius 2 is 2.12 bits per heavy atom. The van der Waals surface area contributed by atoms with Gasteiger partial charge >= 0.3 is 11.7 Å². The van der Waals surface area contributed by atoms with Gasteiger partial charge in [-0.25, -0.2) is 8.42 Å². The van der Waals surface area contributed by atoms with Crippen LogP contribution in [0.15, 0.2) is 0 Å². The molecule has 0 radical (unpaired) electrons. The molecule has 100 valence electrons. The van der Waals surface area contributed by atoms with Crippen molar-refractivity contribution in [3.05, 3.63) is 0 Å². The monoisotopic (exact) mass is 271 g/mol. The van der Waals surface area contributed by atoms with Crippen LogP contribution in [0.3, 0.4) is 0 Å². The number of sulfonamides is 1. The first kappa shape index (κ1) is 14.3. The Bertz CT molecular complexity index is 384. The van der Waals surface area contributed by atoms with Crippen molar-refractivity contribution < 1.29 is 27.1 Å². The molecular weight excluding hydrogens is 256 g/mol. The van der Waals surface area contributed by atoms with Crippen LogP contribution in [0, 0.1) is 5.92 Å². The molecule has 17 heavy (non-hydrogen) atoms. The van der Waals surface area contributed by atoms with Crippen molar-refractivity contribution in [3.63, 3.8) is 0 Å². The van der Waals surface area contributed by atoms with Gasteiger partial charge in [-0.15, -0.1) is 0 Å². The summed E-state index contributed by atoms with van der Waals surface area (Å²) in [7, 11) is -4.81. The average molecular weight is 271 g/mol. The molecule has 0 amide bonds. The molecule has 5 nitrogen and oxygen atoms in total. The van der Waals surface area contributed by atoms with E-state index in [1.54, 1.807) is 0 Å². The van der Waals surface area contributed by atoms with Gasteiger partial charge in [-0.2, -0.15) is 13.1 Å². The van der Waals surface area contributed by atoms with Crippen molar-refractivity contribution in [3.8, 4) is 0 Å². The molecule has 0 aliphatic carbocycles. The number of piperidine rings is 1. The highest BCUT2D eigenvalue weighted by molar-refractivity contribution is 7.89. The maximum absolute atomic E-state index is 12.4. The predicted octanol–water partition coefficient (Wildman–Crippen LogP) is 1.11. The van der Waals surface area contributed by atoms with Crippen LogP contribution >= 0.6 is 0 Å². The van der Waals surface area contributed by atoms with Crippen molar-refractivity contribution in [2.24, 2.45) is 5.92 Å². The fourth-order valence-corrected chi connectivity index (χ4v) is 3.11. The predicted molar refractivity (Wildman–Crippen MR) is 56.1 cm³/mol. The third-order valence-electron chi connectivity index (χ3n) is 3.08. The zero-order valence-corrected chi connectivity index (χ0v) is 10.2. The lowest BCUT2D eigenvalue weighted by molar-refractivity contribution is -0.143. The number of hydrogen-bond acceptors (Lipinski definition) is 3. The molecule has 1 heterocycles. The molecule has 1 N–H and O–H groups in total. The first-order valence-electron chi connectivity index (χ1n) is 5.32. The molecule has 1 fully saturated rings. The maximum Gasteiger partial charge on any atom is 0.350 e. The summed E-state index contributed by atoms with van der Waals surface area (Å²) in [4.78, 5) is 10.9. The third-order valence-corrected chi connectivity index (χ3v) is 4.62. The molecule has 2 atom stereocenters. The van der Waals surface area contributed by atoms with Crippen LogP contribution in [0.1, 0.15) is 26.2 Å². The quantitative estimate of drug-likeness (QED) is 0.831. The van der Waals surface area contributed by atoms with E-state index in [1.165, 1.54) is 0 Å². The van der Waals surface area contributed by atoms with Crippen LogP contribution < -0.4 is 0 Å². The second-order valence-corrected chi connectivity index (χ2v) is 5.92. The number of carbonyl (C=O) groups is 1. The van der Waals surface area contributed by atoms with Crippen LogP contribution in [0.4, 0.5) is 8.78 Å². The number of carboxylic acids is 1. The molecule has 1 aliphatic heterocycles. The van der Waals surface area contributed by atoms with Crippen LogP contribution in [0.5, 0.6) is 0 Å². The Kier molecular flexibility index (Phi) is 4.42. The van der Waals surface area contributed by atoms with E-state index in [4.69, 9.17) is 5.11 Å². The maximum atomic E-state index is 12.4. The summed E-state index contributed by atoms with van der Waals surface area (Å²) >= 11 is 0. The van der Waals surface area contributed by atoms with E-state index in [9.17, 15) is 22.0 Å². The van der Waals surface area contributed by atoms with E-state index in [0.29, 0.717) is 17.1 Å². The smallest absolute Gasteiger partial charge is 0.350 e. The highest BCUT2D eigenvalue weighted by Crippen LogP contribution is 2.29. The second kappa shape index (κ2) is 5.26. The van der Waals surface area contributed by atoms with Gasteiger partial charge in [-0.3, -0.25) is 4.79 Å². The lowest BCUT2D eigenvalue weighted by Crippen LogP contribution is -2.51. The molecule has 8 heteroatoms. The van der Waals surface area contributed by atoms with Gasteiger partial charge in [0.2, 0.25) is 0 Å². The van der Waals surface area contributed by atoms with Gasteiger partial charge in [0.05, 0.1) is 0 Å². The molecule has 0 aromatic carbocycles. The topological polar surface area (TPSA) is 74.7 Å². The van der Waals surface area contributed by atoms with Crippen molar-refractivity contribution in [1.82, 2.24) is 4.31 Å². The van der Waals surface area contributed by atoms with Crippen molar-refractivity contribution in [2.45, 2.75) is 38.0 Å². The van der Waals surface area contributed by atoms with Gasteiger partial charge < -0.3 is 5.11 Å². The molecule has 0 aromatic rings. The van der Waals surface area contributed by atoms with Crippen LogP contribution in [0.25, 0.3) is 0 Å². The molecule has 0 bridgehead atoms.